The minimum absolute atomic E-state index is 0.129. The van der Waals surface area contributed by atoms with Crippen LogP contribution >= 0.6 is 0 Å². The SMILES string of the molecule is CCOC(=O)CC(c1cccc(CN2Cc3cc(OCc4ccccc4)ccc3NS2(=O)=O)c1)c1ccc2n[nH]nc2c1C. The van der Waals surface area contributed by atoms with Crippen LogP contribution in [0.3, 0.4) is 0 Å². The van der Waals surface area contributed by atoms with E-state index in [0.717, 1.165) is 44.4 Å². The zero-order valence-corrected chi connectivity index (χ0v) is 25.3. The average Bonchev–Trinajstić information content (AvgIpc) is 3.50. The highest BCUT2D eigenvalue weighted by atomic mass is 32.2. The number of rotatable bonds is 10. The molecule has 0 fully saturated rings. The van der Waals surface area contributed by atoms with Gasteiger partial charge in [-0.2, -0.15) is 28.1 Å². The minimum Gasteiger partial charge on any atom is -0.489 e. The van der Waals surface area contributed by atoms with Crippen molar-refractivity contribution in [2.75, 3.05) is 11.3 Å². The van der Waals surface area contributed by atoms with Crippen LogP contribution in [0, 0.1) is 6.92 Å². The Hall–Kier alpha value is -4.74. The van der Waals surface area contributed by atoms with Gasteiger partial charge in [-0.3, -0.25) is 9.52 Å². The molecule has 44 heavy (non-hydrogen) atoms. The Kier molecular flexibility index (Phi) is 8.32. The summed E-state index contributed by atoms with van der Waals surface area (Å²) in [4.78, 5) is 12.7. The predicted molar refractivity (Wildman–Crippen MR) is 167 cm³/mol. The van der Waals surface area contributed by atoms with Gasteiger partial charge in [0.25, 0.3) is 0 Å². The molecule has 0 spiro atoms. The molecular formula is C33H33N5O5S. The van der Waals surface area contributed by atoms with Crippen LogP contribution in [0.1, 0.15) is 52.6 Å². The van der Waals surface area contributed by atoms with E-state index < -0.39 is 10.2 Å². The van der Waals surface area contributed by atoms with E-state index in [1.54, 1.807) is 19.1 Å². The second-order valence-electron chi connectivity index (χ2n) is 10.7. The highest BCUT2D eigenvalue weighted by molar-refractivity contribution is 7.90. The van der Waals surface area contributed by atoms with Crippen molar-refractivity contribution in [1.29, 1.82) is 0 Å². The fraction of sp³-hybridized carbons (Fsp3) is 0.242. The van der Waals surface area contributed by atoms with Gasteiger partial charge in [-0.1, -0.05) is 60.7 Å². The van der Waals surface area contributed by atoms with Crippen LogP contribution in [0.5, 0.6) is 5.75 Å². The summed E-state index contributed by atoms with van der Waals surface area (Å²) >= 11 is 0. The Morgan fingerprint density at radius 1 is 0.977 bits per heavy atom. The predicted octanol–water partition coefficient (Wildman–Crippen LogP) is 5.60. The van der Waals surface area contributed by atoms with E-state index in [1.165, 1.54) is 4.31 Å². The number of hydrogen-bond acceptors (Lipinski definition) is 7. The monoisotopic (exact) mass is 611 g/mol. The Morgan fingerprint density at radius 2 is 1.80 bits per heavy atom. The third-order valence-corrected chi connectivity index (χ3v) is 9.21. The number of anilines is 1. The average molecular weight is 612 g/mol. The van der Waals surface area contributed by atoms with Gasteiger partial charge in [0.05, 0.1) is 18.7 Å². The number of aryl methyl sites for hydroxylation is 1. The topological polar surface area (TPSA) is 127 Å². The molecule has 4 aromatic carbocycles. The zero-order chi connectivity index (χ0) is 30.7. The molecule has 0 saturated heterocycles. The number of esters is 1. The van der Waals surface area contributed by atoms with Crippen LogP contribution < -0.4 is 9.46 Å². The molecule has 226 valence electrons. The maximum Gasteiger partial charge on any atom is 0.306 e. The Labute approximate surface area is 256 Å². The summed E-state index contributed by atoms with van der Waals surface area (Å²) in [5, 5.41) is 11.1. The number of carbonyl (C=O) groups is 1. The highest BCUT2D eigenvalue weighted by Crippen LogP contribution is 2.35. The lowest BCUT2D eigenvalue weighted by molar-refractivity contribution is -0.143. The summed E-state index contributed by atoms with van der Waals surface area (Å²) in [5.41, 5.74) is 7.40. The number of benzene rings is 4. The van der Waals surface area contributed by atoms with Gasteiger partial charge in [-0.05, 0) is 71.5 Å². The number of H-pyrrole nitrogens is 1. The minimum atomic E-state index is -3.79. The third kappa shape index (κ3) is 6.29. The summed E-state index contributed by atoms with van der Waals surface area (Å²) in [5.74, 6) is 0.0281. The zero-order valence-electron chi connectivity index (χ0n) is 24.5. The molecule has 11 heteroatoms. The molecule has 5 aromatic rings. The van der Waals surface area contributed by atoms with E-state index in [-0.39, 0.29) is 38.0 Å². The Bertz CT molecular complexity index is 1910. The molecule has 1 aromatic heterocycles. The molecule has 6 rings (SSSR count). The van der Waals surface area contributed by atoms with Crippen molar-refractivity contribution in [3.63, 3.8) is 0 Å². The number of fused-ring (bicyclic) bond motifs is 2. The lowest BCUT2D eigenvalue weighted by Crippen LogP contribution is -2.38. The first-order chi connectivity index (χ1) is 21.3. The first-order valence-electron chi connectivity index (χ1n) is 14.4. The first kappa shape index (κ1) is 29.3. The van der Waals surface area contributed by atoms with E-state index in [0.29, 0.717) is 18.0 Å². The molecule has 1 atom stereocenters. The van der Waals surface area contributed by atoms with Crippen LogP contribution in [0.2, 0.25) is 0 Å². The molecule has 0 radical (unpaired) electrons. The maximum atomic E-state index is 13.3. The van der Waals surface area contributed by atoms with Crippen LogP contribution in [-0.4, -0.2) is 40.7 Å². The molecule has 0 saturated carbocycles. The Balaban J connectivity index is 1.25. The number of nitrogens with zero attached hydrogens (tertiary/aromatic N) is 3. The molecule has 1 aliphatic heterocycles. The van der Waals surface area contributed by atoms with Gasteiger partial charge in [-0.25, -0.2) is 0 Å². The van der Waals surface area contributed by atoms with Crippen LogP contribution in [0.25, 0.3) is 11.0 Å². The van der Waals surface area contributed by atoms with E-state index >= 15 is 0 Å². The van der Waals surface area contributed by atoms with Crippen molar-refractivity contribution in [2.45, 2.75) is 45.9 Å². The van der Waals surface area contributed by atoms with Gasteiger partial charge >= 0.3 is 16.2 Å². The van der Waals surface area contributed by atoms with Crippen LogP contribution in [0.4, 0.5) is 5.69 Å². The van der Waals surface area contributed by atoms with Crippen LogP contribution in [-0.2, 0) is 39.4 Å². The van der Waals surface area contributed by atoms with Gasteiger partial charge in [0, 0.05) is 19.0 Å². The fourth-order valence-electron chi connectivity index (χ4n) is 5.60. The van der Waals surface area contributed by atoms with Crippen molar-refractivity contribution in [3.8, 4) is 5.75 Å². The number of carbonyl (C=O) groups excluding carboxylic acids is 1. The quantitative estimate of drug-likeness (QED) is 0.197. The van der Waals surface area contributed by atoms with Gasteiger partial charge in [0.15, 0.2) is 0 Å². The summed E-state index contributed by atoms with van der Waals surface area (Å²) in [6.45, 7) is 4.77. The first-order valence-corrected chi connectivity index (χ1v) is 15.9. The van der Waals surface area contributed by atoms with Crippen molar-refractivity contribution < 1.29 is 22.7 Å². The van der Waals surface area contributed by atoms with Gasteiger partial charge < -0.3 is 9.47 Å². The molecular weight excluding hydrogens is 578 g/mol. The van der Waals surface area contributed by atoms with Gasteiger partial charge in [0.1, 0.15) is 23.4 Å². The number of aromatic amines is 1. The maximum absolute atomic E-state index is 13.3. The van der Waals surface area contributed by atoms with Crippen molar-refractivity contribution >= 4 is 32.9 Å². The van der Waals surface area contributed by atoms with E-state index in [4.69, 9.17) is 9.47 Å². The normalized spacial score (nSPS) is 14.9. The number of ether oxygens (including phenoxy) is 2. The summed E-state index contributed by atoms with van der Waals surface area (Å²) < 4.78 is 41.9. The molecule has 0 bridgehead atoms. The molecule has 0 amide bonds. The largest absolute Gasteiger partial charge is 0.489 e. The fourth-order valence-corrected chi connectivity index (χ4v) is 6.83. The number of aromatic nitrogens is 3. The lowest BCUT2D eigenvalue weighted by atomic mass is 9.85. The number of hydrogen-bond donors (Lipinski definition) is 2. The molecule has 2 N–H and O–H groups in total. The smallest absolute Gasteiger partial charge is 0.306 e. The summed E-state index contributed by atoms with van der Waals surface area (Å²) in [6, 6.07) is 26.8. The van der Waals surface area contributed by atoms with E-state index in [1.807, 2.05) is 79.7 Å². The third-order valence-electron chi connectivity index (χ3n) is 7.80. The Morgan fingerprint density at radius 3 is 2.61 bits per heavy atom. The molecule has 1 unspecified atom stereocenters. The molecule has 10 nitrogen and oxygen atoms in total. The second-order valence-corrected chi connectivity index (χ2v) is 12.4. The summed E-state index contributed by atoms with van der Waals surface area (Å²) in [6.07, 6.45) is 0.129. The van der Waals surface area contributed by atoms with E-state index in [9.17, 15) is 13.2 Å². The summed E-state index contributed by atoms with van der Waals surface area (Å²) in [7, 11) is -3.79. The lowest BCUT2D eigenvalue weighted by Gasteiger charge is -2.30. The van der Waals surface area contributed by atoms with Crippen molar-refractivity contribution in [1.82, 2.24) is 19.7 Å². The van der Waals surface area contributed by atoms with Gasteiger partial charge in [-0.15, -0.1) is 0 Å². The van der Waals surface area contributed by atoms with Crippen LogP contribution in [0.15, 0.2) is 84.9 Å². The standard InChI is InChI=1S/C33H33N5O5S/c1-3-42-32(39)18-29(28-13-15-31-33(22(28)2)35-37-34-31)25-11-7-10-24(16-25)19-38-20-26-17-27(12-14-30(26)36-44(38,40)41)43-21-23-8-5-4-6-9-23/h4-17,29,36H,3,18-21H2,1-2H3,(H,34,35,37). The van der Waals surface area contributed by atoms with E-state index in [2.05, 4.69) is 20.1 Å². The second kappa shape index (κ2) is 12.5. The van der Waals surface area contributed by atoms with Crippen molar-refractivity contribution in [2.24, 2.45) is 0 Å². The molecule has 2 heterocycles. The molecule has 1 aliphatic rings. The molecule has 0 aliphatic carbocycles. The van der Waals surface area contributed by atoms with Gasteiger partial charge in [0.2, 0.25) is 0 Å². The number of nitrogens with one attached hydrogen (secondary N) is 2. The van der Waals surface area contributed by atoms with Crippen molar-refractivity contribution in [3.05, 3.63) is 118 Å². The highest BCUT2D eigenvalue weighted by Gasteiger charge is 2.30.